The lowest BCUT2D eigenvalue weighted by atomic mass is 10.1. The lowest BCUT2D eigenvalue weighted by Gasteiger charge is -2.08. The van der Waals surface area contributed by atoms with Gasteiger partial charge in [0.15, 0.2) is 0 Å². The van der Waals surface area contributed by atoms with Crippen LogP contribution in [0, 0.1) is 0 Å². The van der Waals surface area contributed by atoms with Crippen molar-refractivity contribution in [2.45, 2.75) is 6.92 Å². The topological polar surface area (TPSA) is 59.7 Å². The van der Waals surface area contributed by atoms with Crippen molar-refractivity contribution >= 4 is 0 Å². The second-order valence-electron chi connectivity index (χ2n) is 3.43. The molecule has 0 fully saturated rings. The minimum Gasteiger partial charge on any atom is -0.508 e. The van der Waals surface area contributed by atoms with Crippen LogP contribution in [0.25, 0.3) is 11.3 Å². The van der Waals surface area contributed by atoms with Crippen molar-refractivity contribution in [1.82, 2.24) is 0 Å². The fourth-order valence-electron chi connectivity index (χ4n) is 1.55. The monoisotopic (exact) mass is 232 g/mol. The zero-order valence-corrected chi connectivity index (χ0v) is 9.34. The van der Waals surface area contributed by atoms with Crippen LogP contribution in [0.3, 0.4) is 0 Å². The summed E-state index contributed by atoms with van der Waals surface area (Å²) in [6.07, 6.45) is 0. The van der Waals surface area contributed by atoms with Gasteiger partial charge in [0, 0.05) is 6.07 Å². The van der Waals surface area contributed by atoms with Gasteiger partial charge in [-0.3, -0.25) is 0 Å². The molecule has 0 aliphatic rings. The number of benzene rings is 1. The first-order valence-corrected chi connectivity index (χ1v) is 5.27. The minimum absolute atomic E-state index is 0.123. The van der Waals surface area contributed by atoms with E-state index in [0.717, 1.165) is 6.07 Å². The quantitative estimate of drug-likeness (QED) is 0.882. The molecule has 2 rings (SSSR count). The van der Waals surface area contributed by atoms with Gasteiger partial charge in [0.05, 0.1) is 18.2 Å². The Balaban J connectivity index is 2.55. The second-order valence-corrected chi connectivity index (χ2v) is 3.43. The highest BCUT2D eigenvalue weighted by molar-refractivity contribution is 5.66. The zero-order valence-electron chi connectivity index (χ0n) is 9.34. The highest BCUT2D eigenvalue weighted by Gasteiger charge is 2.09. The SMILES string of the molecule is CCOc1ccccc1-c1cc(O)cc(=O)o1. The largest absolute Gasteiger partial charge is 0.508 e. The molecule has 0 saturated heterocycles. The molecule has 1 aromatic carbocycles. The number of hydrogen-bond donors (Lipinski definition) is 1. The smallest absolute Gasteiger partial charge is 0.339 e. The van der Waals surface area contributed by atoms with Gasteiger partial charge in [0.25, 0.3) is 0 Å². The molecule has 0 saturated carbocycles. The van der Waals surface area contributed by atoms with E-state index in [1.165, 1.54) is 6.07 Å². The fraction of sp³-hybridized carbons (Fsp3) is 0.154. The van der Waals surface area contributed by atoms with Crippen LogP contribution in [0.5, 0.6) is 11.5 Å². The summed E-state index contributed by atoms with van der Waals surface area (Å²) in [7, 11) is 0. The lowest BCUT2D eigenvalue weighted by molar-refractivity contribution is 0.340. The molecule has 1 N–H and O–H groups in total. The van der Waals surface area contributed by atoms with Gasteiger partial charge in [-0.1, -0.05) is 12.1 Å². The number of rotatable bonds is 3. The standard InChI is InChI=1S/C13H12O4/c1-2-16-11-6-4-3-5-10(11)12-7-9(14)8-13(15)17-12/h3-8,14H,2H2,1H3. The summed E-state index contributed by atoms with van der Waals surface area (Å²) in [5, 5.41) is 9.38. The van der Waals surface area contributed by atoms with Crippen LogP contribution in [-0.2, 0) is 0 Å². The van der Waals surface area contributed by atoms with Gasteiger partial charge in [0.1, 0.15) is 17.3 Å². The van der Waals surface area contributed by atoms with Gasteiger partial charge in [-0.15, -0.1) is 0 Å². The van der Waals surface area contributed by atoms with E-state index in [9.17, 15) is 9.90 Å². The predicted octanol–water partition coefficient (Wildman–Crippen LogP) is 2.41. The number of aromatic hydroxyl groups is 1. The number of hydrogen-bond acceptors (Lipinski definition) is 4. The van der Waals surface area contributed by atoms with Crippen molar-refractivity contribution in [2.24, 2.45) is 0 Å². The Hall–Kier alpha value is -2.23. The predicted molar refractivity (Wildman–Crippen MR) is 63.2 cm³/mol. The van der Waals surface area contributed by atoms with Crippen LogP contribution in [0.4, 0.5) is 0 Å². The molecular formula is C13H12O4. The van der Waals surface area contributed by atoms with Gasteiger partial charge >= 0.3 is 5.63 Å². The molecule has 17 heavy (non-hydrogen) atoms. The van der Waals surface area contributed by atoms with Crippen molar-refractivity contribution in [3.05, 3.63) is 46.8 Å². The van der Waals surface area contributed by atoms with Crippen LogP contribution in [0.2, 0.25) is 0 Å². The third-order valence-corrected chi connectivity index (χ3v) is 2.21. The molecule has 4 heteroatoms. The number of ether oxygens (including phenoxy) is 1. The third kappa shape index (κ3) is 2.47. The molecular weight excluding hydrogens is 220 g/mol. The van der Waals surface area contributed by atoms with E-state index < -0.39 is 5.63 Å². The van der Waals surface area contributed by atoms with Gasteiger partial charge in [-0.2, -0.15) is 0 Å². The Labute approximate surface area is 98.1 Å². The summed E-state index contributed by atoms with van der Waals surface area (Å²) < 4.78 is 10.5. The molecule has 0 atom stereocenters. The van der Waals surface area contributed by atoms with Crippen molar-refractivity contribution < 1.29 is 14.3 Å². The van der Waals surface area contributed by atoms with Gasteiger partial charge < -0.3 is 14.3 Å². The van der Waals surface area contributed by atoms with E-state index in [1.54, 1.807) is 12.1 Å². The van der Waals surface area contributed by atoms with Crippen LogP contribution < -0.4 is 10.4 Å². The Bertz CT molecular complexity index is 572. The van der Waals surface area contributed by atoms with Crippen molar-refractivity contribution in [3.8, 4) is 22.8 Å². The normalized spacial score (nSPS) is 10.2. The Kier molecular flexibility index (Phi) is 3.14. The molecule has 2 aromatic rings. The summed E-state index contributed by atoms with van der Waals surface area (Å²) >= 11 is 0. The minimum atomic E-state index is -0.591. The number of para-hydroxylation sites is 1. The van der Waals surface area contributed by atoms with Crippen LogP contribution in [0.1, 0.15) is 6.92 Å². The van der Waals surface area contributed by atoms with E-state index in [-0.39, 0.29) is 5.75 Å². The highest BCUT2D eigenvalue weighted by Crippen LogP contribution is 2.30. The van der Waals surface area contributed by atoms with Crippen molar-refractivity contribution in [3.63, 3.8) is 0 Å². The summed E-state index contributed by atoms with van der Waals surface area (Å²) in [5.74, 6) is 0.783. The van der Waals surface area contributed by atoms with Crippen molar-refractivity contribution in [2.75, 3.05) is 6.61 Å². The molecule has 0 amide bonds. The molecule has 0 aliphatic heterocycles. The first kappa shape index (κ1) is 11.3. The van der Waals surface area contributed by atoms with E-state index >= 15 is 0 Å². The maximum Gasteiger partial charge on any atom is 0.339 e. The summed E-state index contributed by atoms with van der Waals surface area (Å²) in [6, 6.07) is 9.59. The molecule has 4 nitrogen and oxygen atoms in total. The molecule has 1 heterocycles. The average Bonchev–Trinajstić information content (AvgIpc) is 2.29. The molecule has 0 bridgehead atoms. The van der Waals surface area contributed by atoms with E-state index in [4.69, 9.17) is 9.15 Å². The van der Waals surface area contributed by atoms with E-state index in [2.05, 4.69) is 0 Å². The highest BCUT2D eigenvalue weighted by atomic mass is 16.5. The van der Waals surface area contributed by atoms with Gasteiger partial charge in [-0.25, -0.2) is 4.79 Å². The first-order chi connectivity index (χ1) is 8.20. The molecule has 88 valence electrons. The molecule has 0 unspecified atom stereocenters. The zero-order chi connectivity index (χ0) is 12.3. The fourth-order valence-corrected chi connectivity index (χ4v) is 1.55. The second kappa shape index (κ2) is 4.74. The van der Waals surface area contributed by atoms with Gasteiger partial charge in [0.2, 0.25) is 0 Å². The Morgan fingerprint density at radius 3 is 2.76 bits per heavy atom. The molecule has 0 spiro atoms. The van der Waals surface area contributed by atoms with E-state index in [1.807, 2.05) is 19.1 Å². The lowest BCUT2D eigenvalue weighted by Crippen LogP contribution is -1.98. The summed E-state index contributed by atoms with van der Waals surface area (Å²) in [4.78, 5) is 11.2. The maximum atomic E-state index is 11.2. The average molecular weight is 232 g/mol. The van der Waals surface area contributed by atoms with E-state index in [0.29, 0.717) is 23.7 Å². The summed E-state index contributed by atoms with van der Waals surface area (Å²) in [5.41, 5.74) is 0.0497. The van der Waals surface area contributed by atoms with Gasteiger partial charge in [-0.05, 0) is 19.1 Å². The van der Waals surface area contributed by atoms with Crippen LogP contribution in [-0.4, -0.2) is 11.7 Å². The molecule has 1 aromatic heterocycles. The molecule has 0 radical (unpaired) electrons. The third-order valence-electron chi connectivity index (χ3n) is 2.21. The molecule has 0 aliphatic carbocycles. The van der Waals surface area contributed by atoms with Crippen LogP contribution >= 0.6 is 0 Å². The van der Waals surface area contributed by atoms with Crippen LogP contribution in [0.15, 0.2) is 45.6 Å². The Morgan fingerprint density at radius 1 is 1.29 bits per heavy atom. The Morgan fingerprint density at radius 2 is 2.06 bits per heavy atom. The summed E-state index contributed by atoms with van der Waals surface area (Å²) in [6.45, 7) is 2.38. The van der Waals surface area contributed by atoms with Crippen molar-refractivity contribution in [1.29, 1.82) is 0 Å². The maximum absolute atomic E-state index is 11.2. The first-order valence-electron chi connectivity index (χ1n) is 5.27.